The first-order chi connectivity index (χ1) is 13.9. The topological polar surface area (TPSA) is 72.3 Å². The normalized spacial score (nSPS) is 34.2. The average Bonchev–Trinajstić information content (AvgIpc) is 2.95. The lowest BCUT2D eigenvalue weighted by Crippen LogP contribution is -2.53. The maximum Gasteiger partial charge on any atom is 0.338 e. The Kier molecular flexibility index (Phi) is 5.26. The van der Waals surface area contributed by atoms with Crippen LogP contribution in [0.1, 0.15) is 39.3 Å². The van der Waals surface area contributed by atoms with Crippen molar-refractivity contribution in [2.75, 3.05) is 0 Å². The molecule has 1 N–H and O–H groups in total. The molecule has 0 bridgehead atoms. The second kappa shape index (κ2) is 7.71. The van der Waals surface area contributed by atoms with Crippen LogP contribution in [-0.2, 0) is 9.53 Å². The van der Waals surface area contributed by atoms with Crippen molar-refractivity contribution in [1.29, 1.82) is 0 Å². The number of aliphatic hydroxyl groups is 1. The molecule has 5 unspecified atom stereocenters. The van der Waals surface area contributed by atoms with Gasteiger partial charge in [0.2, 0.25) is 0 Å². The Balaban J connectivity index is 1.60. The SMILES string of the molecule is CCC1C(C)CC2(O)C(=O)O[C@H](C)C2C1/C=C/c1ccc(-c2cccnc2)cn1. The fourth-order valence-corrected chi connectivity index (χ4v) is 5.36. The third kappa shape index (κ3) is 3.48. The van der Waals surface area contributed by atoms with E-state index >= 15 is 0 Å². The molecule has 2 aromatic heterocycles. The van der Waals surface area contributed by atoms with Gasteiger partial charge in [-0.15, -0.1) is 0 Å². The van der Waals surface area contributed by atoms with Gasteiger partial charge in [0.1, 0.15) is 6.10 Å². The first-order valence-corrected chi connectivity index (χ1v) is 10.4. The summed E-state index contributed by atoms with van der Waals surface area (Å²) < 4.78 is 5.46. The number of rotatable bonds is 4. The van der Waals surface area contributed by atoms with Gasteiger partial charge in [-0.3, -0.25) is 9.97 Å². The lowest BCUT2D eigenvalue weighted by molar-refractivity contribution is -0.160. The molecule has 5 heteroatoms. The number of allylic oxidation sites excluding steroid dienone is 1. The number of esters is 1. The average molecular weight is 392 g/mol. The van der Waals surface area contributed by atoms with Crippen LogP contribution in [0.3, 0.4) is 0 Å². The highest BCUT2D eigenvalue weighted by atomic mass is 16.6. The predicted octanol–water partition coefficient (Wildman–Crippen LogP) is 4.13. The predicted molar refractivity (Wildman–Crippen MR) is 112 cm³/mol. The number of pyridine rings is 2. The summed E-state index contributed by atoms with van der Waals surface area (Å²) in [5.41, 5.74) is 1.53. The summed E-state index contributed by atoms with van der Waals surface area (Å²) in [6.45, 7) is 6.20. The number of hydrogen-bond acceptors (Lipinski definition) is 5. The number of carbonyl (C=O) groups is 1. The molecule has 1 aliphatic carbocycles. The van der Waals surface area contributed by atoms with Crippen molar-refractivity contribution in [2.45, 2.75) is 45.3 Å². The van der Waals surface area contributed by atoms with Crippen LogP contribution in [-0.4, -0.2) is 32.7 Å². The number of aromatic nitrogens is 2. The van der Waals surface area contributed by atoms with Crippen LogP contribution in [0.5, 0.6) is 0 Å². The molecule has 1 saturated heterocycles. The Morgan fingerprint density at radius 3 is 2.69 bits per heavy atom. The fraction of sp³-hybridized carbons (Fsp3) is 0.458. The smallest absolute Gasteiger partial charge is 0.338 e. The van der Waals surface area contributed by atoms with Gasteiger partial charge in [-0.1, -0.05) is 38.5 Å². The molecule has 2 aliphatic rings. The maximum absolute atomic E-state index is 12.4. The van der Waals surface area contributed by atoms with E-state index in [2.05, 4.69) is 29.9 Å². The molecular formula is C24H28N2O3. The lowest BCUT2D eigenvalue weighted by atomic mass is 9.59. The Labute approximate surface area is 171 Å². The fourth-order valence-electron chi connectivity index (χ4n) is 5.36. The lowest BCUT2D eigenvalue weighted by Gasteiger charge is -2.45. The second-order valence-corrected chi connectivity index (χ2v) is 8.46. The Morgan fingerprint density at radius 1 is 1.24 bits per heavy atom. The molecule has 152 valence electrons. The van der Waals surface area contributed by atoms with E-state index in [1.54, 1.807) is 6.20 Å². The van der Waals surface area contributed by atoms with Gasteiger partial charge in [-0.2, -0.15) is 0 Å². The minimum Gasteiger partial charge on any atom is -0.460 e. The van der Waals surface area contributed by atoms with Crippen LogP contribution in [0.25, 0.3) is 17.2 Å². The Hall–Kier alpha value is -2.53. The standard InChI is InChI=1S/C24H28N2O3/c1-4-20-15(2)12-24(28)22(16(3)29-23(24)27)21(20)10-9-19-8-7-18(14-26-19)17-6-5-11-25-13-17/h5-11,13-16,20-22,28H,4,12H2,1-3H3/b10-9+/t15?,16-,20?,21?,22?,24?/m1/s1. The van der Waals surface area contributed by atoms with Gasteiger partial charge in [-0.05, 0) is 49.3 Å². The third-order valence-corrected chi connectivity index (χ3v) is 6.72. The van der Waals surface area contributed by atoms with Gasteiger partial charge in [0.15, 0.2) is 5.60 Å². The van der Waals surface area contributed by atoms with E-state index in [9.17, 15) is 9.90 Å². The number of ether oxygens (including phenoxy) is 1. The Bertz CT molecular complexity index is 896. The summed E-state index contributed by atoms with van der Waals surface area (Å²) in [5.74, 6) is 0.0172. The van der Waals surface area contributed by atoms with Crippen molar-refractivity contribution < 1.29 is 14.6 Å². The molecule has 1 saturated carbocycles. The van der Waals surface area contributed by atoms with Crippen LogP contribution < -0.4 is 0 Å². The molecule has 6 atom stereocenters. The van der Waals surface area contributed by atoms with Gasteiger partial charge in [0.25, 0.3) is 0 Å². The van der Waals surface area contributed by atoms with Crippen LogP contribution in [0.15, 0.2) is 48.9 Å². The van der Waals surface area contributed by atoms with Gasteiger partial charge in [-0.25, -0.2) is 4.79 Å². The van der Waals surface area contributed by atoms with Gasteiger partial charge >= 0.3 is 5.97 Å². The van der Waals surface area contributed by atoms with Crippen molar-refractivity contribution in [1.82, 2.24) is 9.97 Å². The van der Waals surface area contributed by atoms with Crippen molar-refractivity contribution in [3.05, 3.63) is 54.6 Å². The summed E-state index contributed by atoms with van der Waals surface area (Å²) in [4.78, 5) is 21.1. The number of hydrogen-bond donors (Lipinski definition) is 1. The van der Waals surface area contributed by atoms with E-state index < -0.39 is 11.6 Å². The van der Waals surface area contributed by atoms with Crippen molar-refractivity contribution in [3.63, 3.8) is 0 Å². The summed E-state index contributed by atoms with van der Waals surface area (Å²) in [7, 11) is 0. The van der Waals surface area contributed by atoms with E-state index in [-0.39, 0.29) is 23.9 Å². The molecule has 0 aromatic carbocycles. The molecule has 1 aliphatic heterocycles. The molecular weight excluding hydrogens is 364 g/mol. The number of fused-ring (bicyclic) bond motifs is 1. The molecule has 29 heavy (non-hydrogen) atoms. The molecule has 5 nitrogen and oxygen atoms in total. The summed E-state index contributed by atoms with van der Waals surface area (Å²) in [6.07, 6.45) is 10.7. The van der Waals surface area contributed by atoms with Crippen LogP contribution in [0.2, 0.25) is 0 Å². The minimum absolute atomic E-state index is 0.0648. The van der Waals surface area contributed by atoms with Gasteiger partial charge in [0, 0.05) is 35.6 Å². The summed E-state index contributed by atoms with van der Waals surface area (Å²) >= 11 is 0. The van der Waals surface area contributed by atoms with E-state index in [4.69, 9.17) is 4.74 Å². The van der Waals surface area contributed by atoms with Crippen molar-refractivity contribution in [3.8, 4) is 11.1 Å². The van der Waals surface area contributed by atoms with Crippen LogP contribution in [0.4, 0.5) is 0 Å². The van der Waals surface area contributed by atoms with Crippen LogP contribution >= 0.6 is 0 Å². The zero-order chi connectivity index (χ0) is 20.6. The zero-order valence-electron chi connectivity index (χ0n) is 17.2. The highest BCUT2D eigenvalue weighted by molar-refractivity contribution is 5.82. The van der Waals surface area contributed by atoms with E-state index in [0.29, 0.717) is 12.3 Å². The monoisotopic (exact) mass is 392 g/mol. The second-order valence-electron chi connectivity index (χ2n) is 8.46. The molecule has 0 radical (unpaired) electrons. The van der Waals surface area contributed by atoms with E-state index in [1.165, 1.54) is 0 Å². The number of nitrogens with zero attached hydrogens (tertiary/aromatic N) is 2. The first kappa shape index (κ1) is 19.8. The molecule has 3 heterocycles. The largest absolute Gasteiger partial charge is 0.460 e. The Morgan fingerprint density at radius 2 is 2.03 bits per heavy atom. The van der Waals surface area contributed by atoms with Crippen molar-refractivity contribution >= 4 is 12.0 Å². The zero-order valence-corrected chi connectivity index (χ0v) is 17.2. The van der Waals surface area contributed by atoms with Gasteiger partial charge in [0.05, 0.1) is 5.69 Å². The number of carbonyl (C=O) groups excluding carboxylic acids is 1. The molecule has 0 spiro atoms. The summed E-state index contributed by atoms with van der Waals surface area (Å²) in [5, 5.41) is 11.1. The van der Waals surface area contributed by atoms with E-state index in [1.807, 2.05) is 49.7 Å². The van der Waals surface area contributed by atoms with Gasteiger partial charge < -0.3 is 9.84 Å². The maximum atomic E-state index is 12.4. The molecule has 2 aromatic rings. The summed E-state index contributed by atoms with van der Waals surface area (Å²) in [6, 6.07) is 7.93. The quantitative estimate of drug-likeness (QED) is 0.792. The minimum atomic E-state index is -1.38. The van der Waals surface area contributed by atoms with E-state index in [0.717, 1.165) is 23.2 Å². The third-order valence-electron chi connectivity index (χ3n) is 6.72. The highest BCUT2D eigenvalue weighted by Crippen LogP contribution is 2.52. The molecule has 0 amide bonds. The molecule has 4 rings (SSSR count). The first-order valence-electron chi connectivity index (χ1n) is 10.4. The molecule has 2 fully saturated rings. The number of cyclic esters (lactones) is 1. The highest BCUT2D eigenvalue weighted by Gasteiger charge is 2.62. The van der Waals surface area contributed by atoms with Crippen LogP contribution in [0, 0.1) is 23.7 Å². The van der Waals surface area contributed by atoms with Crippen molar-refractivity contribution in [2.24, 2.45) is 23.7 Å².